The third kappa shape index (κ3) is 4.01. The number of hydrogen-bond acceptors (Lipinski definition) is 4. The number of hydrazone groups is 1. The maximum atomic E-state index is 12.5. The molecule has 0 saturated carbocycles. The molecule has 1 aromatic heterocycles. The molecule has 1 amide bonds. The predicted molar refractivity (Wildman–Crippen MR) is 99.2 cm³/mol. The Labute approximate surface area is 146 Å². The Balaban J connectivity index is 1.74. The van der Waals surface area contributed by atoms with E-state index in [2.05, 4.69) is 15.5 Å². The fraction of sp³-hybridized carbons (Fsp3) is 0.150. The molecule has 3 aromatic rings. The largest absolute Gasteiger partial charge is 0.494 e. The molecule has 0 fully saturated rings. The maximum absolute atomic E-state index is 12.5. The van der Waals surface area contributed by atoms with Crippen molar-refractivity contribution in [1.29, 1.82) is 0 Å². The molecule has 0 atom stereocenters. The zero-order valence-corrected chi connectivity index (χ0v) is 14.2. The molecule has 1 heterocycles. The number of carbonyl (C=O) groups excluding carboxylic acids is 1. The summed E-state index contributed by atoms with van der Waals surface area (Å²) in [5.74, 6) is 0.548. The fourth-order valence-corrected chi connectivity index (χ4v) is 2.54. The molecule has 2 aromatic carbocycles. The Hall–Kier alpha value is -3.21. The van der Waals surface area contributed by atoms with Gasteiger partial charge in [0, 0.05) is 11.1 Å². The van der Waals surface area contributed by atoms with E-state index in [1.807, 2.05) is 62.4 Å². The number of pyridine rings is 1. The van der Waals surface area contributed by atoms with Crippen LogP contribution in [0.1, 0.15) is 28.5 Å². The molecule has 0 radical (unpaired) electrons. The van der Waals surface area contributed by atoms with Crippen LogP contribution in [0.3, 0.4) is 0 Å². The molecule has 0 aliphatic heterocycles. The van der Waals surface area contributed by atoms with Crippen molar-refractivity contribution >= 4 is 23.0 Å². The first-order valence-corrected chi connectivity index (χ1v) is 8.10. The van der Waals surface area contributed by atoms with Gasteiger partial charge in [-0.15, -0.1) is 0 Å². The van der Waals surface area contributed by atoms with Crippen molar-refractivity contribution in [2.24, 2.45) is 5.10 Å². The molecular formula is C20H19N3O2. The lowest BCUT2D eigenvalue weighted by molar-refractivity contribution is 0.0956. The number of benzene rings is 2. The van der Waals surface area contributed by atoms with Gasteiger partial charge in [-0.3, -0.25) is 9.78 Å². The van der Waals surface area contributed by atoms with E-state index >= 15 is 0 Å². The smallest absolute Gasteiger partial charge is 0.272 e. The summed E-state index contributed by atoms with van der Waals surface area (Å²) in [6.45, 7) is 4.44. The van der Waals surface area contributed by atoms with Gasteiger partial charge in [0.25, 0.3) is 5.91 Å². The van der Waals surface area contributed by atoms with Crippen molar-refractivity contribution in [2.45, 2.75) is 13.8 Å². The van der Waals surface area contributed by atoms with Gasteiger partial charge in [-0.1, -0.05) is 18.2 Å². The molecule has 25 heavy (non-hydrogen) atoms. The summed E-state index contributed by atoms with van der Waals surface area (Å²) in [5, 5.41) is 4.85. The number of fused-ring (bicyclic) bond motifs is 1. The Kier molecular flexibility index (Phi) is 5.04. The van der Waals surface area contributed by atoms with E-state index in [4.69, 9.17) is 4.74 Å². The third-order valence-electron chi connectivity index (χ3n) is 3.66. The van der Waals surface area contributed by atoms with Crippen molar-refractivity contribution in [3.8, 4) is 5.75 Å². The van der Waals surface area contributed by atoms with Crippen LogP contribution < -0.4 is 10.2 Å². The van der Waals surface area contributed by atoms with Gasteiger partial charge >= 0.3 is 0 Å². The standard InChI is InChI=1S/C20H19N3O2/c1-3-25-16-10-8-15(9-11-16)13-21-23-20(24)18-12-14(2)22-19-7-5-4-6-17(18)19/h4-13H,3H2,1-2H3,(H,23,24)/b21-13+. The number of ether oxygens (including phenoxy) is 1. The first-order valence-electron chi connectivity index (χ1n) is 8.10. The van der Waals surface area contributed by atoms with Crippen LogP contribution in [0.25, 0.3) is 10.9 Å². The van der Waals surface area contributed by atoms with E-state index in [9.17, 15) is 4.79 Å². The van der Waals surface area contributed by atoms with Crippen molar-refractivity contribution in [3.05, 3.63) is 71.4 Å². The summed E-state index contributed by atoms with van der Waals surface area (Å²) >= 11 is 0. The highest BCUT2D eigenvalue weighted by atomic mass is 16.5. The van der Waals surface area contributed by atoms with Crippen molar-refractivity contribution in [2.75, 3.05) is 6.61 Å². The lowest BCUT2D eigenvalue weighted by Gasteiger charge is -2.06. The quantitative estimate of drug-likeness (QED) is 0.572. The summed E-state index contributed by atoms with van der Waals surface area (Å²) in [7, 11) is 0. The number of aromatic nitrogens is 1. The second-order valence-electron chi connectivity index (χ2n) is 5.53. The Morgan fingerprint density at radius 3 is 2.72 bits per heavy atom. The number of carbonyl (C=O) groups is 1. The molecule has 0 aliphatic rings. The minimum Gasteiger partial charge on any atom is -0.494 e. The molecule has 3 rings (SSSR count). The van der Waals surface area contributed by atoms with Crippen molar-refractivity contribution < 1.29 is 9.53 Å². The molecule has 5 nitrogen and oxygen atoms in total. The van der Waals surface area contributed by atoms with Gasteiger partial charge in [-0.2, -0.15) is 5.10 Å². The van der Waals surface area contributed by atoms with Crippen molar-refractivity contribution in [3.63, 3.8) is 0 Å². The van der Waals surface area contributed by atoms with Gasteiger partial charge in [0.05, 0.1) is 23.9 Å². The van der Waals surface area contributed by atoms with Crippen LogP contribution in [-0.2, 0) is 0 Å². The molecule has 0 bridgehead atoms. The summed E-state index contributed by atoms with van der Waals surface area (Å²) in [5.41, 5.74) is 5.60. The van der Waals surface area contributed by atoms with Crippen LogP contribution >= 0.6 is 0 Å². The van der Waals surface area contributed by atoms with Crippen LogP contribution in [0.15, 0.2) is 59.7 Å². The molecule has 0 saturated heterocycles. The number of para-hydroxylation sites is 1. The van der Waals surface area contributed by atoms with E-state index < -0.39 is 0 Å². The zero-order valence-electron chi connectivity index (χ0n) is 14.2. The average Bonchev–Trinajstić information content (AvgIpc) is 2.62. The van der Waals surface area contributed by atoms with E-state index in [1.54, 1.807) is 12.3 Å². The Bertz CT molecular complexity index is 918. The summed E-state index contributed by atoms with van der Waals surface area (Å²) in [6.07, 6.45) is 1.60. The summed E-state index contributed by atoms with van der Waals surface area (Å²) < 4.78 is 5.39. The Morgan fingerprint density at radius 1 is 1.20 bits per heavy atom. The first-order chi connectivity index (χ1) is 12.2. The van der Waals surface area contributed by atoms with Gasteiger partial charge in [-0.25, -0.2) is 5.43 Å². The highest BCUT2D eigenvalue weighted by Crippen LogP contribution is 2.18. The van der Waals surface area contributed by atoms with Crippen LogP contribution in [0.2, 0.25) is 0 Å². The average molecular weight is 333 g/mol. The maximum Gasteiger partial charge on any atom is 0.272 e. The third-order valence-corrected chi connectivity index (χ3v) is 3.66. The number of nitrogens with zero attached hydrogens (tertiary/aromatic N) is 2. The highest BCUT2D eigenvalue weighted by Gasteiger charge is 2.10. The monoisotopic (exact) mass is 333 g/mol. The van der Waals surface area contributed by atoms with Gasteiger partial charge in [0.15, 0.2) is 0 Å². The second kappa shape index (κ2) is 7.57. The Morgan fingerprint density at radius 2 is 1.96 bits per heavy atom. The second-order valence-corrected chi connectivity index (χ2v) is 5.53. The van der Waals surface area contributed by atoms with Crippen LogP contribution in [0.5, 0.6) is 5.75 Å². The minimum absolute atomic E-state index is 0.260. The molecule has 5 heteroatoms. The lowest BCUT2D eigenvalue weighted by atomic mass is 10.1. The molecule has 1 N–H and O–H groups in total. The summed E-state index contributed by atoms with van der Waals surface area (Å²) in [4.78, 5) is 16.9. The normalized spacial score (nSPS) is 11.0. The van der Waals surface area contributed by atoms with Gasteiger partial charge in [-0.05, 0) is 55.8 Å². The number of amides is 1. The summed E-state index contributed by atoms with van der Waals surface area (Å²) in [6, 6.07) is 16.8. The van der Waals surface area contributed by atoms with Gasteiger partial charge < -0.3 is 4.74 Å². The molecule has 126 valence electrons. The zero-order chi connectivity index (χ0) is 17.6. The highest BCUT2D eigenvalue weighted by molar-refractivity contribution is 6.06. The van der Waals surface area contributed by atoms with Crippen LogP contribution in [0.4, 0.5) is 0 Å². The molecule has 0 aliphatic carbocycles. The molecular weight excluding hydrogens is 314 g/mol. The molecule has 0 spiro atoms. The van der Waals surface area contributed by atoms with E-state index in [1.165, 1.54) is 0 Å². The van der Waals surface area contributed by atoms with E-state index in [-0.39, 0.29) is 5.91 Å². The molecule has 0 unspecified atom stereocenters. The number of nitrogens with one attached hydrogen (secondary N) is 1. The van der Waals surface area contributed by atoms with Crippen LogP contribution in [0, 0.1) is 6.92 Å². The van der Waals surface area contributed by atoms with E-state index in [0.717, 1.165) is 27.9 Å². The lowest BCUT2D eigenvalue weighted by Crippen LogP contribution is -2.18. The predicted octanol–water partition coefficient (Wildman–Crippen LogP) is 3.71. The number of hydrogen-bond donors (Lipinski definition) is 1. The van der Waals surface area contributed by atoms with Gasteiger partial charge in [0.2, 0.25) is 0 Å². The minimum atomic E-state index is -0.260. The first kappa shape index (κ1) is 16.6. The van der Waals surface area contributed by atoms with Crippen LogP contribution in [-0.4, -0.2) is 23.7 Å². The number of aryl methyl sites for hydroxylation is 1. The van der Waals surface area contributed by atoms with Crippen molar-refractivity contribution in [1.82, 2.24) is 10.4 Å². The number of rotatable bonds is 5. The topological polar surface area (TPSA) is 63.6 Å². The SMILES string of the molecule is CCOc1ccc(/C=N/NC(=O)c2cc(C)nc3ccccc23)cc1. The van der Waals surface area contributed by atoms with Gasteiger partial charge in [0.1, 0.15) is 5.75 Å². The van der Waals surface area contributed by atoms with E-state index in [0.29, 0.717) is 12.2 Å². The fourth-order valence-electron chi connectivity index (χ4n) is 2.54.